The van der Waals surface area contributed by atoms with E-state index in [1.807, 2.05) is 24.3 Å². The lowest BCUT2D eigenvalue weighted by Gasteiger charge is -2.48. The number of carboxylic acids is 1. The summed E-state index contributed by atoms with van der Waals surface area (Å²) in [5, 5.41) is 9.70. The quantitative estimate of drug-likeness (QED) is 0.621. The number of aromatic nitrogens is 1. The lowest BCUT2D eigenvalue weighted by molar-refractivity contribution is -0.147. The van der Waals surface area contributed by atoms with Crippen LogP contribution < -0.4 is 5.73 Å². The SMILES string of the molecule is NC1C(=O)N2C(C(=O)O)=C(CSc3nc4ccccc4o3)CS[C@@H]12. The number of carbonyl (C=O) groups is 2. The number of carboxylic acid groups (broad SMARTS) is 1. The van der Waals surface area contributed by atoms with Crippen molar-refractivity contribution in [3.63, 3.8) is 0 Å². The van der Waals surface area contributed by atoms with Gasteiger partial charge < -0.3 is 15.3 Å². The van der Waals surface area contributed by atoms with Crippen molar-refractivity contribution < 1.29 is 19.1 Å². The molecule has 0 radical (unpaired) electrons. The Morgan fingerprint density at radius 2 is 2.29 bits per heavy atom. The number of aliphatic carboxylic acids is 1. The Morgan fingerprint density at radius 1 is 1.50 bits per heavy atom. The standard InChI is InChI=1S/C15H13N3O4S2/c16-10-12(19)18-11(14(20)21)7(5-23-13(10)18)6-24-15-17-8-3-1-2-4-9(8)22-15/h1-4,10,13H,5-6,16H2,(H,20,21)/t10?,13-/m0/s1. The van der Waals surface area contributed by atoms with Crippen molar-refractivity contribution in [1.82, 2.24) is 9.88 Å². The molecular formula is C15H13N3O4S2. The minimum atomic E-state index is -1.10. The van der Waals surface area contributed by atoms with E-state index in [4.69, 9.17) is 10.2 Å². The number of rotatable bonds is 4. The number of hydrogen-bond donors (Lipinski definition) is 2. The Labute approximate surface area is 145 Å². The first-order chi connectivity index (χ1) is 11.6. The highest BCUT2D eigenvalue weighted by molar-refractivity contribution is 8.01. The fraction of sp³-hybridized carbons (Fsp3) is 0.267. The van der Waals surface area contributed by atoms with Crippen LogP contribution in [0.15, 0.2) is 45.2 Å². The van der Waals surface area contributed by atoms with Gasteiger partial charge in [-0.3, -0.25) is 9.69 Å². The average molecular weight is 363 g/mol. The molecule has 1 amide bonds. The van der Waals surface area contributed by atoms with E-state index in [2.05, 4.69) is 4.98 Å². The first kappa shape index (κ1) is 15.6. The molecule has 0 saturated carbocycles. The van der Waals surface area contributed by atoms with Gasteiger partial charge in [0.25, 0.3) is 5.22 Å². The topological polar surface area (TPSA) is 110 Å². The fourth-order valence-corrected chi connectivity index (χ4v) is 5.02. The molecule has 124 valence electrons. The van der Waals surface area contributed by atoms with Gasteiger partial charge in [-0.25, -0.2) is 9.78 Å². The van der Waals surface area contributed by atoms with Crippen molar-refractivity contribution in [2.75, 3.05) is 11.5 Å². The van der Waals surface area contributed by atoms with Gasteiger partial charge in [-0.2, -0.15) is 0 Å². The van der Waals surface area contributed by atoms with Crippen LogP contribution in [0.2, 0.25) is 0 Å². The molecule has 7 nitrogen and oxygen atoms in total. The lowest BCUT2D eigenvalue weighted by atomic mass is 10.0. The minimum Gasteiger partial charge on any atom is -0.477 e. The van der Waals surface area contributed by atoms with Crippen LogP contribution in [0, 0.1) is 0 Å². The molecule has 0 aliphatic carbocycles. The fourth-order valence-electron chi connectivity index (χ4n) is 2.75. The van der Waals surface area contributed by atoms with Crippen LogP contribution in [0.3, 0.4) is 0 Å². The first-order valence-corrected chi connectivity index (χ1v) is 9.23. The molecule has 2 aliphatic rings. The summed E-state index contributed by atoms with van der Waals surface area (Å²) in [7, 11) is 0. The summed E-state index contributed by atoms with van der Waals surface area (Å²) in [5.74, 6) is -0.521. The van der Waals surface area contributed by atoms with Gasteiger partial charge in [-0.15, -0.1) is 11.8 Å². The van der Waals surface area contributed by atoms with Crippen molar-refractivity contribution in [3.8, 4) is 0 Å². The number of hydrogen-bond acceptors (Lipinski definition) is 7. The van der Waals surface area contributed by atoms with E-state index in [9.17, 15) is 14.7 Å². The van der Waals surface area contributed by atoms with Gasteiger partial charge in [0.2, 0.25) is 5.91 Å². The molecule has 2 aliphatic heterocycles. The molecule has 1 unspecified atom stereocenters. The van der Waals surface area contributed by atoms with Crippen LogP contribution in [-0.4, -0.2) is 49.8 Å². The molecule has 24 heavy (non-hydrogen) atoms. The normalized spacial score (nSPS) is 23.4. The third-order valence-corrected chi connectivity index (χ3v) is 6.21. The zero-order valence-corrected chi connectivity index (χ0v) is 14.0. The number of fused-ring (bicyclic) bond motifs is 2. The third kappa shape index (κ3) is 2.40. The highest BCUT2D eigenvalue weighted by atomic mass is 32.2. The summed E-state index contributed by atoms with van der Waals surface area (Å²) in [4.78, 5) is 29.2. The second-order valence-electron chi connectivity index (χ2n) is 5.43. The zero-order valence-electron chi connectivity index (χ0n) is 12.3. The van der Waals surface area contributed by atoms with Crippen LogP contribution in [-0.2, 0) is 9.59 Å². The lowest BCUT2D eigenvalue weighted by Crippen LogP contribution is -2.68. The maximum Gasteiger partial charge on any atom is 0.352 e. The Hall–Kier alpha value is -1.97. The van der Waals surface area contributed by atoms with Gasteiger partial charge in [0, 0.05) is 11.5 Å². The molecular weight excluding hydrogens is 350 g/mol. The van der Waals surface area contributed by atoms with Crippen LogP contribution in [0.4, 0.5) is 0 Å². The predicted octanol–water partition coefficient (Wildman–Crippen LogP) is 1.50. The van der Waals surface area contributed by atoms with Crippen molar-refractivity contribution in [2.45, 2.75) is 16.6 Å². The van der Waals surface area contributed by atoms with Gasteiger partial charge in [0.1, 0.15) is 22.6 Å². The molecule has 1 aromatic carbocycles. The first-order valence-electron chi connectivity index (χ1n) is 7.20. The van der Waals surface area contributed by atoms with Crippen LogP contribution in [0.5, 0.6) is 0 Å². The van der Waals surface area contributed by atoms with Gasteiger partial charge in [-0.1, -0.05) is 23.9 Å². The molecule has 4 rings (SSSR count). The van der Waals surface area contributed by atoms with E-state index in [1.165, 1.54) is 28.4 Å². The van der Waals surface area contributed by atoms with Crippen LogP contribution in [0.1, 0.15) is 0 Å². The van der Waals surface area contributed by atoms with Crippen molar-refractivity contribution in [2.24, 2.45) is 5.73 Å². The number of β-lactam (4-membered cyclic amide) rings is 1. The van der Waals surface area contributed by atoms with Crippen molar-refractivity contribution in [1.29, 1.82) is 0 Å². The molecule has 2 atom stereocenters. The molecule has 1 saturated heterocycles. The monoisotopic (exact) mass is 363 g/mol. The molecule has 0 spiro atoms. The van der Waals surface area contributed by atoms with E-state index >= 15 is 0 Å². The van der Waals surface area contributed by atoms with E-state index in [0.29, 0.717) is 27.9 Å². The van der Waals surface area contributed by atoms with Gasteiger partial charge in [0.15, 0.2) is 5.58 Å². The molecule has 9 heteroatoms. The number of thioether (sulfide) groups is 2. The highest BCUT2D eigenvalue weighted by Crippen LogP contribution is 2.40. The number of benzene rings is 1. The Bertz CT molecular complexity index is 845. The largest absolute Gasteiger partial charge is 0.477 e. The second-order valence-corrected chi connectivity index (χ2v) is 7.46. The van der Waals surface area contributed by atoms with E-state index < -0.39 is 12.0 Å². The summed E-state index contributed by atoms with van der Waals surface area (Å²) in [6.45, 7) is 0. The summed E-state index contributed by atoms with van der Waals surface area (Å²) >= 11 is 2.81. The summed E-state index contributed by atoms with van der Waals surface area (Å²) < 4.78 is 5.63. The summed E-state index contributed by atoms with van der Waals surface area (Å²) in [5.41, 5.74) is 7.91. The van der Waals surface area contributed by atoms with Crippen molar-refractivity contribution >= 4 is 46.5 Å². The Balaban J connectivity index is 1.58. The van der Waals surface area contributed by atoms with E-state index in [0.717, 1.165) is 5.52 Å². The minimum absolute atomic E-state index is 0.0501. The zero-order chi connectivity index (χ0) is 16.8. The van der Waals surface area contributed by atoms with Gasteiger partial charge in [-0.05, 0) is 17.7 Å². The maximum atomic E-state index is 11.9. The van der Waals surface area contributed by atoms with Gasteiger partial charge in [0.05, 0.1) is 0 Å². The van der Waals surface area contributed by atoms with Gasteiger partial charge >= 0.3 is 5.97 Å². The average Bonchev–Trinajstić information content (AvgIpc) is 3.01. The maximum absolute atomic E-state index is 11.9. The molecule has 1 aromatic heterocycles. The van der Waals surface area contributed by atoms with E-state index in [-0.39, 0.29) is 17.0 Å². The molecule has 0 bridgehead atoms. The third-order valence-electron chi connectivity index (χ3n) is 3.94. The number of nitrogens with zero attached hydrogens (tertiary/aromatic N) is 2. The summed E-state index contributed by atoms with van der Waals surface area (Å²) in [6, 6.07) is 6.81. The molecule has 1 fully saturated rings. The smallest absolute Gasteiger partial charge is 0.352 e. The van der Waals surface area contributed by atoms with Crippen molar-refractivity contribution in [3.05, 3.63) is 35.5 Å². The predicted molar refractivity (Wildman–Crippen MR) is 90.5 cm³/mol. The molecule has 3 N–H and O–H groups in total. The number of oxazole rings is 1. The number of nitrogens with two attached hydrogens (primary N) is 1. The number of para-hydroxylation sites is 2. The number of amides is 1. The Morgan fingerprint density at radius 3 is 3.04 bits per heavy atom. The van der Waals surface area contributed by atoms with Crippen LogP contribution in [0.25, 0.3) is 11.1 Å². The number of carbonyl (C=O) groups excluding carboxylic acids is 1. The molecule has 3 heterocycles. The summed E-state index contributed by atoms with van der Waals surface area (Å²) in [6.07, 6.45) is 0. The van der Waals surface area contributed by atoms with E-state index in [1.54, 1.807) is 0 Å². The highest BCUT2D eigenvalue weighted by Gasteiger charge is 2.51. The second kappa shape index (κ2) is 5.83. The molecule has 2 aromatic rings. The Kier molecular flexibility index (Phi) is 3.78. The van der Waals surface area contributed by atoms with Crippen LogP contribution >= 0.6 is 23.5 Å².